The fourth-order valence-electron chi connectivity index (χ4n) is 2.72. The van der Waals surface area contributed by atoms with Crippen LogP contribution in [0.3, 0.4) is 0 Å². The first-order chi connectivity index (χ1) is 7.28. The molecule has 0 aliphatic heterocycles. The molecule has 0 aromatic rings. The van der Waals surface area contributed by atoms with Crippen molar-refractivity contribution in [1.82, 2.24) is 10.6 Å². The van der Waals surface area contributed by atoms with Crippen molar-refractivity contribution in [1.29, 1.82) is 0 Å². The number of rotatable bonds is 2. The zero-order chi connectivity index (χ0) is 12.3. The molecular weight excluding hydrogens is 276 g/mol. The number of carbonyl (C=O) groups excluding carboxylic acids is 2. The van der Waals surface area contributed by atoms with Crippen LogP contribution in [0.15, 0.2) is 0 Å². The van der Waals surface area contributed by atoms with Crippen LogP contribution in [0.5, 0.6) is 0 Å². The standard InChI is InChI=1S/C12H22N2O2.2CH3.Ti/c1-8(15)13-10-5-11(14-9(2)16)7-12(3,4)6-10;;;/h10-11H,5-7H2,1-4H3,(H,13,15)(H,14,16);2*1H3;/q;2*-1;+2. The van der Waals surface area contributed by atoms with Crippen molar-refractivity contribution in [2.75, 3.05) is 0 Å². The molecule has 1 aliphatic carbocycles. The van der Waals surface area contributed by atoms with E-state index in [-0.39, 0.29) is 65.9 Å². The normalized spacial score (nSPS) is 23.8. The quantitative estimate of drug-likeness (QED) is 0.606. The van der Waals surface area contributed by atoms with Gasteiger partial charge in [-0.05, 0) is 24.7 Å². The van der Waals surface area contributed by atoms with Crippen LogP contribution in [0.2, 0.25) is 0 Å². The minimum Gasteiger partial charge on any atom is -0.358 e. The Hall–Kier alpha value is -0.346. The van der Waals surface area contributed by atoms with E-state index in [1.807, 2.05) is 0 Å². The van der Waals surface area contributed by atoms with Gasteiger partial charge in [0.05, 0.1) is 0 Å². The van der Waals surface area contributed by atoms with Gasteiger partial charge in [-0.15, -0.1) is 0 Å². The predicted octanol–water partition coefficient (Wildman–Crippen LogP) is 2.10. The van der Waals surface area contributed by atoms with E-state index in [0.29, 0.717) is 0 Å². The fraction of sp³-hybridized carbons (Fsp3) is 0.714. The van der Waals surface area contributed by atoms with Crippen LogP contribution >= 0.6 is 0 Å². The van der Waals surface area contributed by atoms with Crippen LogP contribution in [-0.4, -0.2) is 23.9 Å². The van der Waals surface area contributed by atoms with Crippen LogP contribution in [0.25, 0.3) is 0 Å². The molecule has 0 radical (unpaired) electrons. The smallest absolute Gasteiger partial charge is 0.358 e. The zero-order valence-corrected chi connectivity index (χ0v) is 14.7. The van der Waals surface area contributed by atoms with E-state index >= 15 is 0 Å². The van der Waals surface area contributed by atoms with Gasteiger partial charge in [-0.2, -0.15) is 0 Å². The minimum absolute atomic E-state index is 0. The first-order valence-electron chi connectivity index (χ1n) is 5.83. The Morgan fingerprint density at radius 3 is 1.53 bits per heavy atom. The van der Waals surface area contributed by atoms with E-state index in [9.17, 15) is 9.59 Å². The summed E-state index contributed by atoms with van der Waals surface area (Å²) in [6.07, 6.45) is 2.79. The van der Waals surface area contributed by atoms with E-state index in [4.69, 9.17) is 0 Å². The summed E-state index contributed by atoms with van der Waals surface area (Å²) in [7, 11) is 0. The molecule has 1 aliphatic rings. The Morgan fingerprint density at radius 1 is 0.947 bits per heavy atom. The molecule has 5 heteroatoms. The maximum absolute atomic E-state index is 11.1. The summed E-state index contributed by atoms with van der Waals surface area (Å²) in [6.45, 7) is 7.43. The second-order valence-corrected chi connectivity index (χ2v) is 5.60. The van der Waals surface area contributed by atoms with Gasteiger partial charge in [0.25, 0.3) is 0 Å². The van der Waals surface area contributed by atoms with Crippen LogP contribution in [0.1, 0.15) is 47.0 Å². The first kappa shape index (κ1) is 23.7. The largest absolute Gasteiger partial charge is 2.00 e. The molecule has 0 spiro atoms. The predicted molar refractivity (Wildman–Crippen MR) is 75.7 cm³/mol. The fourth-order valence-corrected chi connectivity index (χ4v) is 2.72. The van der Waals surface area contributed by atoms with Gasteiger partial charge in [-0.3, -0.25) is 9.59 Å². The molecule has 19 heavy (non-hydrogen) atoms. The first-order valence-corrected chi connectivity index (χ1v) is 5.83. The maximum atomic E-state index is 11.1. The Bertz CT molecular complexity index is 267. The summed E-state index contributed by atoms with van der Waals surface area (Å²) in [6, 6.07) is 0.358. The van der Waals surface area contributed by atoms with Gasteiger partial charge >= 0.3 is 21.7 Å². The van der Waals surface area contributed by atoms with Crippen molar-refractivity contribution >= 4 is 11.8 Å². The van der Waals surface area contributed by atoms with Gasteiger partial charge < -0.3 is 25.5 Å². The van der Waals surface area contributed by atoms with E-state index in [0.717, 1.165) is 19.3 Å². The number of amides is 2. The zero-order valence-electron chi connectivity index (χ0n) is 13.1. The van der Waals surface area contributed by atoms with Gasteiger partial charge in [0.1, 0.15) is 0 Å². The summed E-state index contributed by atoms with van der Waals surface area (Å²) in [5.41, 5.74) is 0.165. The summed E-state index contributed by atoms with van der Waals surface area (Å²) in [4.78, 5) is 22.1. The van der Waals surface area contributed by atoms with Gasteiger partial charge in [-0.1, -0.05) is 13.8 Å². The van der Waals surface area contributed by atoms with Crippen LogP contribution in [0.4, 0.5) is 0 Å². The van der Waals surface area contributed by atoms with E-state index in [2.05, 4.69) is 24.5 Å². The Kier molecular flexibility index (Phi) is 11.9. The van der Waals surface area contributed by atoms with Crippen molar-refractivity contribution in [3.8, 4) is 0 Å². The average Bonchev–Trinajstić information content (AvgIpc) is 1.95. The number of hydrogen-bond donors (Lipinski definition) is 2. The summed E-state index contributed by atoms with van der Waals surface area (Å²) in [5, 5.41) is 5.90. The number of carbonyl (C=O) groups is 2. The molecule has 1 saturated carbocycles. The summed E-state index contributed by atoms with van der Waals surface area (Å²) in [5.74, 6) is 0.00792. The maximum Gasteiger partial charge on any atom is 2.00 e. The number of hydrogen-bond acceptors (Lipinski definition) is 2. The Labute approximate surface area is 133 Å². The van der Waals surface area contributed by atoms with E-state index in [1.165, 1.54) is 13.8 Å². The van der Waals surface area contributed by atoms with Crippen LogP contribution in [-0.2, 0) is 31.3 Å². The molecule has 1 fully saturated rings. The van der Waals surface area contributed by atoms with E-state index < -0.39 is 0 Å². The van der Waals surface area contributed by atoms with Gasteiger partial charge in [-0.25, -0.2) is 0 Å². The van der Waals surface area contributed by atoms with Crippen molar-refractivity contribution in [2.45, 2.75) is 59.0 Å². The summed E-state index contributed by atoms with van der Waals surface area (Å²) >= 11 is 0. The van der Waals surface area contributed by atoms with Gasteiger partial charge in [0, 0.05) is 25.9 Å². The third-order valence-corrected chi connectivity index (χ3v) is 2.98. The van der Waals surface area contributed by atoms with Crippen LogP contribution in [0, 0.1) is 20.3 Å². The molecule has 2 atom stereocenters. The van der Waals surface area contributed by atoms with Crippen molar-refractivity contribution < 1.29 is 31.3 Å². The van der Waals surface area contributed by atoms with Gasteiger partial charge in [0.2, 0.25) is 11.8 Å². The topological polar surface area (TPSA) is 58.2 Å². The van der Waals surface area contributed by atoms with Gasteiger partial charge in [0.15, 0.2) is 0 Å². The molecule has 0 aromatic carbocycles. The molecular formula is C14H28N2O2Ti. The summed E-state index contributed by atoms with van der Waals surface area (Å²) < 4.78 is 0. The third kappa shape index (κ3) is 9.23. The second-order valence-electron chi connectivity index (χ2n) is 5.60. The molecule has 4 nitrogen and oxygen atoms in total. The molecule has 0 aromatic heterocycles. The monoisotopic (exact) mass is 304 g/mol. The van der Waals surface area contributed by atoms with Crippen LogP contribution < -0.4 is 10.6 Å². The number of nitrogens with one attached hydrogen (secondary N) is 2. The molecule has 0 bridgehead atoms. The molecule has 1 rings (SSSR count). The van der Waals surface area contributed by atoms with E-state index in [1.54, 1.807) is 0 Å². The van der Waals surface area contributed by atoms with Crippen molar-refractivity contribution in [3.63, 3.8) is 0 Å². The molecule has 2 unspecified atom stereocenters. The Balaban J connectivity index is -0.000000853. The molecule has 2 amide bonds. The van der Waals surface area contributed by atoms with Crippen molar-refractivity contribution in [3.05, 3.63) is 14.9 Å². The minimum atomic E-state index is 0. The molecule has 0 heterocycles. The average molecular weight is 304 g/mol. The Morgan fingerprint density at radius 2 is 1.26 bits per heavy atom. The molecule has 2 N–H and O–H groups in total. The van der Waals surface area contributed by atoms with Crippen molar-refractivity contribution in [2.24, 2.45) is 5.41 Å². The molecule has 0 saturated heterocycles. The SMILES string of the molecule is CC(=O)NC1CC(NC(C)=O)CC(C)(C)C1.[CH3-].[CH3-].[Ti+2]. The molecule has 110 valence electrons. The third-order valence-electron chi connectivity index (χ3n) is 2.98. The second kappa shape index (κ2) is 9.54.